The van der Waals surface area contributed by atoms with Crippen molar-refractivity contribution in [1.82, 2.24) is 9.97 Å². The molecule has 1 aromatic heterocycles. The van der Waals surface area contributed by atoms with Gasteiger partial charge in [0.1, 0.15) is 11.9 Å². The topological polar surface area (TPSA) is 92.0 Å². The lowest BCUT2D eigenvalue weighted by atomic mass is 10.1. The summed E-state index contributed by atoms with van der Waals surface area (Å²) >= 11 is 5.95. The zero-order chi connectivity index (χ0) is 11.9. The van der Waals surface area contributed by atoms with Gasteiger partial charge in [-0.2, -0.15) is 0 Å². The van der Waals surface area contributed by atoms with Crippen LogP contribution in [-0.2, 0) is 4.79 Å². The first-order chi connectivity index (χ1) is 7.49. The Morgan fingerprint density at radius 2 is 2.31 bits per heavy atom. The number of rotatable bonds is 2. The van der Waals surface area contributed by atoms with Crippen molar-refractivity contribution in [3.8, 4) is 0 Å². The summed E-state index contributed by atoms with van der Waals surface area (Å²) in [5.41, 5.74) is 7.33. The van der Waals surface area contributed by atoms with Gasteiger partial charge >= 0.3 is 5.97 Å². The number of benzene rings is 1. The summed E-state index contributed by atoms with van der Waals surface area (Å²) in [7, 11) is 0. The number of nitrogens with one attached hydrogen (secondary N) is 1. The summed E-state index contributed by atoms with van der Waals surface area (Å²) in [5, 5.41) is 9.14. The van der Waals surface area contributed by atoms with Crippen LogP contribution in [0.15, 0.2) is 12.1 Å². The van der Waals surface area contributed by atoms with Gasteiger partial charge in [-0.3, -0.25) is 4.79 Å². The fourth-order valence-corrected chi connectivity index (χ4v) is 1.82. The average molecular weight is 240 g/mol. The van der Waals surface area contributed by atoms with Crippen LogP contribution in [0.1, 0.15) is 17.4 Å². The maximum atomic E-state index is 10.8. The van der Waals surface area contributed by atoms with E-state index >= 15 is 0 Å². The van der Waals surface area contributed by atoms with E-state index in [4.69, 9.17) is 22.4 Å². The third-order valence-electron chi connectivity index (χ3n) is 2.32. The Morgan fingerprint density at radius 1 is 1.62 bits per heavy atom. The molecule has 2 aromatic rings. The maximum Gasteiger partial charge on any atom is 0.325 e. The highest BCUT2D eigenvalue weighted by Crippen LogP contribution is 2.26. The van der Waals surface area contributed by atoms with Crippen LogP contribution in [0.25, 0.3) is 11.0 Å². The van der Waals surface area contributed by atoms with Crippen molar-refractivity contribution in [1.29, 1.82) is 0 Å². The molecule has 84 valence electrons. The highest BCUT2D eigenvalue weighted by atomic mass is 35.5. The third-order valence-corrected chi connectivity index (χ3v) is 2.65. The monoisotopic (exact) mass is 239 g/mol. The number of hydrogen-bond acceptors (Lipinski definition) is 3. The van der Waals surface area contributed by atoms with Gasteiger partial charge in [0.25, 0.3) is 0 Å². The standard InChI is InChI=1S/C10H10ClN3O2/c1-4-13-7-2-5(9(12)10(15)16)6(11)3-8(7)14-4/h2-3,9H,12H2,1H3,(H,13,14)(H,15,16). The van der Waals surface area contributed by atoms with Crippen molar-refractivity contribution >= 4 is 28.6 Å². The highest BCUT2D eigenvalue weighted by Gasteiger charge is 2.18. The fraction of sp³-hybridized carbons (Fsp3) is 0.200. The predicted molar refractivity (Wildman–Crippen MR) is 60.4 cm³/mol. The molecule has 5 nitrogen and oxygen atoms in total. The first-order valence-electron chi connectivity index (χ1n) is 4.63. The molecular formula is C10H10ClN3O2. The van der Waals surface area contributed by atoms with Crippen LogP contribution in [0.3, 0.4) is 0 Å². The van der Waals surface area contributed by atoms with Crippen LogP contribution < -0.4 is 5.73 Å². The molecule has 0 aliphatic carbocycles. The molecule has 0 aliphatic heterocycles. The van der Waals surface area contributed by atoms with Crippen LogP contribution in [0.4, 0.5) is 0 Å². The van der Waals surface area contributed by atoms with Crippen molar-refractivity contribution < 1.29 is 9.90 Å². The lowest BCUT2D eigenvalue weighted by Gasteiger charge is -2.08. The molecule has 1 aromatic carbocycles. The summed E-state index contributed by atoms with van der Waals surface area (Å²) < 4.78 is 0. The molecule has 2 rings (SSSR count). The van der Waals surface area contributed by atoms with Crippen molar-refractivity contribution in [2.45, 2.75) is 13.0 Å². The Balaban J connectivity index is 2.61. The van der Waals surface area contributed by atoms with Crippen LogP contribution in [0, 0.1) is 6.92 Å². The van der Waals surface area contributed by atoms with E-state index in [0.29, 0.717) is 16.1 Å². The number of aromatic amines is 1. The molecule has 0 radical (unpaired) electrons. The van der Waals surface area contributed by atoms with E-state index in [1.165, 1.54) is 0 Å². The van der Waals surface area contributed by atoms with E-state index in [9.17, 15) is 4.79 Å². The van der Waals surface area contributed by atoms with E-state index in [1.807, 2.05) is 6.92 Å². The number of imidazole rings is 1. The number of hydrogen-bond donors (Lipinski definition) is 3. The number of carbonyl (C=O) groups is 1. The number of aromatic nitrogens is 2. The molecule has 0 saturated carbocycles. The SMILES string of the molecule is Cc1nc2cc(Cl)c(C(N)C(=O)O)cc2[nH]1. The first kappa shape index (κ1) is 10.9. The Hall–Kier alpha value is -1.59. The second kappa shape index (κ2) is 3.77. The van der Waals surface area contributed by atoms with Crippen molar-refractivity contribution in [3.63, 3.8) is 0 Å². The summed E-state index contributed by atoms with van der Waals surface area (Å²) in [6.07, 6.45) is 0. The fourth-order valence-electron chi connectivity index (χ4n) is 1.55. The highest BCUT2D eigenvalue weighted by molar-refractivity contribution is 6.32. The van der Waals surface area contributed by atoms with Crippen molar-refractivity contribution in [3.05, 3.63) is 28.5 Å². The van der Waals surface area contributed by atoms with Gasteiger partial charge in [-0.1, -0.05) is 11.6 Å². The number of aliphatic carboxylic acids is 1. The number of fused-ring (bicyclic) bond motifs is 1. The number of nitrogens with two attached hydrogens (primary N) is 1. The average Bonchev–Trinajstić information content (AvgIpc) is 2.54. The normalized spacial score (nSPS) is 12.9. The van der Waals surface area contributed by atoms with Gasteiger partial charge in [-0.25, -0.2) is 4.98 Å². The number of aryl methyl sites for hydroxylation is 1. The molecule has 1 unspecified atom stereocenters. The second-order valence-corrected chi connectivity index (χ2v) is 3.94. The summed E-state index contributed by atoms with van der Waals surface area (Å²) in [6.45, 7) is 1.81. The van der Waals surface area contributed by atoms with E-state index < -0.39 is 12.0 Å². The molecule has 0 bridgehead atoms. The van der Waals surface area contributed by atoms with Gasteiger partial charge in [-0.05, 0) is 19.1 Å². The molecule has 1 heterocycles. The maximum absolute atomic E-state index is 10.8. The lowest BCUT2D eigenvalue weighted by molar-refractivity contribution is -0.138. The molecule has 0 aliphatic rings. The number of H-pyrrole nitrogens is 1. The Kier molecular flexibility index (Phi) is 2.57. The molecule has 1 atom stereocenters. The minimum atomic E-state index is -1.12. The van der Waals surface area contributed by atoms with E-state index in [0.717, 1.165) is 11.3 Å². The van der Waals surface area contributed by atoms with E-state index in [2.05, 4.69) is 9.97 Å². The van der Waals surface area contributed by atoms with Gasteiger partial charge < -0.3 is 15.8 Å². The number of nitrogens with zero attached hydrogens (tertiary/aromatic N) is 1. The zero-order valence-corrected chi connectivity index (χ0v) is 9.25. The van der Waals surface area contributed by atoms with Gasteiger partial charge in [0.15, 0.2) is 0 Å². The molecule has 6 heteroatoms. The summed E-state index contributed by atoms with van der Waals surface area (Å²) in [5.74, 6) is -0.371. The van der Waals surface area contributed by atoms with Gasteiger partial charge in [0.2, 0.25) is 0 Å². The molecule has 16 heavy (non-hydrogen) atoms. The minimum Gasteiger partial charge on any atom is -0.480 e. The van der Waals surface area contributed by atoms with E-state index in [-0.39, 0.29) is 0 Å². The number of halogens is 1. The Morgan fingerprint density at radius 3 is 2.94 bits per heavy atom. The summed E-state index contributed by atoms with van der Waals surface area (Å²) in [4.78, 5) is 18.0. The van der Waals surface area contributed by atoms with Crippen LogP contribution in [0.5, 0.6) is 0 Å². The zero-order valence-electron chi connectivity index (χ0n) is 8.49. The quantitative estimate of drug-likeness (QED) is 0.742. The van der Waals surface area contributed by atoms with E-state index in [1.54, 1.807) is 12.1 Å². The number of carboxylic acids is 1. The van der Waals surface area contributed by atoms with Gasteiger partial charge in [0.05, 0.1) is 11.0 Å². The van der Waals surface area contributed by atoms with Crippen LogP contribution in [0.2, 0.25) is 5.02 Å². The third kappa shape index (κ3) is 1.75. The number of carboxylic acid groups (broad SMARTS) is 1. The van der Waals surface area contributed by atoms with Crippen LogP contribution >= 0.6 is 11.6 Å². The smallest absolute Gasteiger partial charge is 0.325 e. The van der Waals surface area contributed by atoms with Crippen LogP contribution in [-0.4, -0.2) is 21.0 Å². The molecule has 4 N–H and O–H groups in total. The lowest BCUT2D eigenvalue weighted by Crippen LogP contribution is -2.20. The molecular weight excluding hydrogens is 230 g/mol. The molecule has 0 saturated heterocycles. The minimum absolute atomic E-state index is 0.314. The molecule has 0 fully saturated rings. The first-order valence-corrected chi connectivity index (χ1v) is 5.01. The van der Waals surface area contributed by atoms with Gasteiger partial charge in [0, 0.05) is 10.6 Å². The van der Waals surface area contributed by atoms with Crippen molar-refractivity contribution in [2.24, 2.45) is 5.73 Å². The Bertz CT molecular complexity index is 564. The second-order valence-electron chi connectivity index (χ2n) is 3.53. The summed E-state index contributed by atoms with van der Waals surface area (Å²) in [6, 6.07) is 2.11. The van der Waals surface area contributed by atoms with Crippen molar-refractivity contribution in [2.75, 3.05) is 0 Å². The molecule has 0 spiro atoms. The Labute approximate surface area is 96.2 Å². The molecule has 0 amide bonds. The largest absolute Gasteiger partial charge is 0.480 e. The van der Waals surface area contributed by atoms with Gasteiger partial charge in [-0.15, -0.1) is 0 Å². The predicted octanol–water partition coefficient (Wildman–Crippen LogP) is 1.61.